The molecule has 0 fully saturated rings. The van der Waals surface area contributed by atoms with Gasteiger partial charge < -0.3 is 5.32 Å². The van der Waals surface area contributed by atoms with E-state index >= 15 is 0 Å². The quantitative estimate of drug-likeness (QED) is 0.873. The molecule has 0 spiro atoms. The van der Waals surface area contributed by atoms with Crippen LogP contribution in [-0.2, 0) is 10.0 Å². The molecule has 1 atom stereocenters. The monoisotopic (exact) mass is 298 g/mol. The average molecular weight is 298 g/mol. The molecular weight excluding hydrogens is 276 g/mol. The minimum absolute atomic E-state index is 0.0414. The van der Waals surface area contributed by atoms with E-state index in [4.69, 9.17) is 0 Å². The van der Waals surface area contributed by atoms with Gasteiger partial charge >= 0.3 is 0 Å². The molecule has 5 nitrogen and oxygen atoms in total. The number of hydrogen-bond donors (Lipinski definition) is 1. The first kappa shape index (κ1) is 16.5. The highest BCUT2D eigenvalue weighted by atomic mass is 32.2. The molecule has 0 bridgehead atoms. The largest absolute Gasteiger partial charge is 0.350 e. The number of rotatable bonds is 6. The van der Waals surface area contributed by atoms with Crippen molar-refractivity contribution in [2.75, 3.05) is 17.1 Å². The highest BCUT2D eigenvalue weighted by molar-refractivity contribution is 7.92. The maximum absolute atomic E-state index is 11.9. The van der Waals surface area contributed by atoms with Gasteiger partial charge in [-0.25, -0.2) is 8.42 Å². The number of sulfonamides is 1. The molecule has 1 amide bonds. The molecule has 6 heteroatoms. The van der Waals surface area contributed by atoms with Crippen molar-refractivity contribution >= 4 is 21.6 Å². The summed E-state index contributed by atoms with van der Waals surface area (Å²) in [5, 5.41) is 2.87. The van der Waals surface area contributed by atoms with Gasteiger partial charge in [-0.05, 0) is 44.5 Å². The molecule has 0 unspecified atom stereocenters. The van der Waals surface area contributed by atoms with Crippen LogP contribution in [0.3, 0.4) is 0 Å². The van der Waals surface area contributed by atoms with Gasteiger partial charge in [0.2, 0.25) is 10.0 Å². The number of anilines is 1. The summed E-state index contributed by atoms with van der Waals surface area (Å²) in [5.41, 5.74) is 1.07. The predicted octanol–water partition coefficient (Wildman–Crippen LogP) is 2.00. The lowest BCUT2D eigenvalue weighted by Gasteiger charge is -2.18. The molecule has 0 saturated heterocycles. The molecule has 1 aromatic carbocycles. The fraction of sp³-hybridized carbons (Fsp3) is 0.500. The van der Waals surface area contributed by atoms with Crippen molar-refractivity contribution < 1.29 is 13.2 Å². The van der Waals surface area contributed by atoms with Crippen LogP contribution in [0.1, 0.15) is 37.6 Å². The highest BCUT2D eigenvalue weighted by Crippen LogP contribution is 2.17. The lowest BCUT2D eigenvalue weighted by molar-refractivity contribution is 0.0939. The Morgan fingerprint density at radius 2 is 1.80 bits per heavy atom. The number of nitrogens with one attached hydrogen (secondary N) is 1. The Labute approximate surface area is 121 Å². The minimum atomic E-state index is -3.27. The Balaban J connectivity index is 2.87. The lowest BCUT2D eigenvalue weighted by Crippen LogP contribution is -2.32. The number of carbonyl (C=O) groups excluding carboxylic acids is 1. The Kier molecular flexibility index (Phi) is 5.56. The predicted molar refractivity (Wildman–Crippen MR) is 81.5 cm³/mol. The van der Waals surface area contributed by atoms with Gasteiger partial charge in [-0.2, -0.15) is 0 Å². The summed E-state index contributed by atoms with van der Waals surface area (Å²) in [6, 6.07) is 6.66. The molecule has 20 heavy (non-hydrogen) atoms. The van der Waals surface area contributed by atoms with Crippen molar-refractivity contribution in [1.29, 1.82) is 0 Å². The van der Waals surface area contributed by atoms with Crippen LogP contribution in [-0.4, -0.2) is 33.2 Å². The van der Waals surface area contributed by atoms with E-state index in [1.807, 2.05) is 13.8 Å². The van der Waals surface area contributed by atoms with Crippen LogP contribution in [0.25, 0.3) is 0 Å². The Hall–Kier alpha value is -1.56. The lowest BCUT2D eigenvalue weighted by atomic mass is 10.1. The Morgan fingerprint density at radius 1 is 1.25 bits per heavy atom. The van der Waals surface area contributed by atoms with Gasteiger partial charge in [-0.3, -0.25) is 9.10 Å². The fourth-order valence-electron chi connectivity index (χ4n) is 1.59. The van der Waals surface area contributed by atoms with E-state index in [-0.39, 0.29) is 17.7 Å². The van der Waals surface area contributed by atoms with E-state index in [1.165, 1.54) is 11.4 Å². The van der Waals surface area contributed by atoms with E-state index in [0.29, 0.717) is 11.3 Å². The minimum Gasteiger partial charge on any atom is -0.350 e. The number of nitrogens with zero attached hydrogens (tertiary/aromatic N) is 1. The van der Waals surface area contributed by atoms with Gasteiger partial charge in [0.05, 0.1) is 11.4 Å². The first-order valence-corrected chi connectivity index (χ1v) is 8.30. The molecule has 0 aliphatic carbocycles. The van der Waals surface area contributed by atoms with Gasteiger partial charge in [0.25, 0.3) is 5.91 Å². The molecule has 1 aromatic rings. The molecule has 1 N–H and O–H groups in total. The number of hydrogen-bond acceptors (Lipinski definition) is 3. The van der Waals surface area contributed by atoms with Crippen LogP contribution in [0, 0.1) is 0 Å². The number of amides is 1. The average Bonchev–Trinajstić information content (AvgIpc) is 2.46. The van der Waals surface area contributed by atoms with Crippen LogP contribution < -0.4 is 9.62 Å². The summed E-state index contributed by atoms with van der Waals surface area (Å²) >= 11 is 0. The summed E-state index contributed by atoms with van der Waals surface area (Å²) in [5.74, 6) is -0.105. The third-order valence-electron chi connectivity index (χ3n) is 3.27. The second kappa shape index (κ2) is 6.74. The normalized spacial score (nSPS) is 12.8. The van der Waals surface area contributed by atoms with E-state index in [9.17, 15) is 13.2 Å². The van der Waals surface area contributed by atoms with Crippen molar-refractivity contribution in [1.82, 2.24) is 5.32 Å². The van der Waals surface area contributed by atoms with E-state index in [1.54, 1.807) is 31.2 Å². The summed E-state index contributed by atoms with van der Waals surface area (Å²) < 4.78 is 24.7. The van der Waals surface area contributed by atoms with Crippen LogP contribution in [0.5, 0.6) is 0 Å². The first-order valence-electron chi connectivity index (χ1n) is 6.69. The highest BCUT2D eigenvalue weighted by Gasteiger charge is 2.16. The van der Waals surface area contributed by atoms with Crippen LogP contribution >= 0.6 is 0 Å². The van der Waals surface area contributed by atoms with Crippen LogP contribution in [0.15, 0.2) is 24.3 Å². The third-order valence-corrected chi connectivity index (χ3v) is 5.04. The molecule has 0 aliphatic rings. The van der Waals surface area contributed by atoms with Crippen molar-refractivity contribution in [2.24, 2.45) is 0 Å². The summed E-state index contributed by atoms with van der Waals surface area (Å²) in [6.45, 7) is 5.53. The van der Waals surface area contributed by atoms with Gasteiger partial charge in [0.1, 0.15) is 0 Å². The number of carbonyl (C=O) groups is 1. The van der Waals surface area contributed by atoms with Crippen molar-refractivity contribution in [3.8, 4) is 0 Å². The standard InChI is InChI=1S/C14H22N2O3S/c1-5-11(3)15-14(17)12-7-9-13(10-8-12)16(4)20(18,19)6-2/h7-11H,5-6H2,1-4H3,(H,15,17)/t11-/m0/s1. The van der Waals surface area contributed by atoms with Gasteiger partial charge in [0, 0.05) is 18.7 Å². The van der Waals surface area contributed by atoms with Crippen LogP contribution in [0.4, 0.5) is 5.69 Å². The summed E-state index contributed by atoms with van der Waals surface area (Å²) in [4.78, 5) is 11.9. The zero-order valence-corrected chi connectivity index (χ0v) is 13.2. The fourth-order valence-corrected chi connectivity index (χ4v) is 2.42. The second-order valence-corrected chi connectivity index (χ2v) is 6.99. The summed E-state index contributed by atoms with van der Waals surface area (Å²) in [7, 11) is -1.77. The van der Waals surface area contributed by atoms with Gasteiger partial charge in [-0.1, -0.05) is 6.92 Å². The zero-order chi connectivity index (χ0) is 15.3. The van der Waals surface area contributed by atoms with Gasteiger partial charge in [0.15, 0.2) is 0 Å². The van der Waals surface area contributed by atoms with E-state index in [0.717, 1.165) is 6.42 Å². The SMILES string of the molecule is CC[C@H](C)NC(=O)c1ccc(N(C)S(=O)(=O)CC)cc1. The Bertz CT molecular complexity index is 552. The van der Waals surface area contributed by atoms with Crippen molar-refractivity contribution in [3.63, 3.8) is 0 Å². The summed E-state index contributed by atoms with van der Waals surface area (Å²) in [6.07, 6.45) is 0.862. The molecule has 1 rings (SSSR count). The van der Waals surface area contributed by atoms with E-state index in [2.05, 4.69) is 5.32 Å². The van der Waals surface area contributed by atoms with E-state index < -0.39 is 10.0 Å². The number of benzene rings is 1. The molecular formula is C14H22N2O3S. The topological polar surface area (TPSA) is 66.5 Å². The molecule has 0 saturated carbocycles. The van der Waals surface area contributed by atoms with Crippen molar-refractivity contribution in [3.05, 3.63) is 29.8 Å². The molecule has 0 heterocycles. The zero-order valence-electron chi connectivity index (χ0n) is 12.4. The maximum atomic E-state index is 11.9. The molecule has 0 radical (unpaired) electrons. The third kappa shape index (κ3) is 3.96. The molecule has 112 valence electrons. The second-order valence-electron chi connectivity index (χ2n) is 4.70. The smallest absolute Gasteiger partial charge is 0.251 e. The molecule has 0 aliphatic heterocycles. The van der Waals surface area contributed by atoms with Gasteiger partial charge in [-0.15, -0.1) is 0 Å². The first-order chi connectivity index (χ1) is 9.31. The van der Waals surface area contributed by atoms with Crippen molar-refractivity contribution in [2.45, 2.75) is 33.2 Å². The Morgan fingerprint density at radius 3 is 2.25 bits per heavy atom. The maximum Gasteiger partial charge on any atom is 0.251 e. The molecule has 0 aromatic heterocycles. The van der Waals surface area contributed by atoms with Crippen LogP contribution in [0.2, 0.25) is 0 Å².